The van der Waals surface area contributed by atoms with Crippen molar-refractivity contribution in [2.75, 3.05) is 7.11 Å². The van der Waals surface area contributed by atoms with Crippen LogP contribution in [0.25, 0.3) is 0 Å². The first-order valence-electron chi connectivity index (χ1n) is 7.32. The molecule has 4 nitrogen and oxygen atoms in total. The number of nitrogens with two attached hydrogens (primary N) is 1. The van der Waals surface area contributed by atoms with Crippen LogP contribution in [0.15, 0.2) is 0 Å². The van der Waals surface area contributed by atoms with E-state index in [0.717, 1.165) is 19.3 Å². The van der Waals surface area contributed by atoms with Gasteiger partial charge in [-0.15, -0.1) is 34.8 Å². The van der Waals surface area contributed by atoms with Crippen molar-refractivity contribution >= 4 is 40.7 Å². The Morgan fingerprint density at radius 3 is 2.24 bits per heavy atom. The van der Waals surface area contributed by atoms with Crippen LogP contribution in [0.3, 0.4) is 0 Å². The quantitative estimate of drug-likeness (QED) is 0.786. The third-order valence-electron chi connectivity index (χ3n) is 4.49. The van der Waals surface area contributed by atoms with Crippen LogP contribution in [-0.4, -0.2) is 47.5 Å². The van der Waals surface area contributed by atoms with Crippen molar-refractivity contribution in [1.29, 1.82) is 0 Å². The second-order valence-electron chi connectivity index (χ2n) is 5.91. The number of alkyl halides is 3. The van der Waals surface area contributed by atoms with Crippen molar-refractivity contribution < 1.29 is 14.3 Å². The van der Waals surface area contributed by atoms with Crippen LogP contribution < -0.4 is 5.73 Å². The summed E-state index contributed by atoms with van der Waals surface area (Å²) in [6.45, 7) is 0. The summed E-state index contributed by atoms with van der Waals surface area (Å²) in [6, 6.07) is 0. The Balaban J connectivity index is 1.98. The van der Waals surface area contributed by atoms with Gasteiger partial charge in [-0.2, -0.15) is 0 Å². The van der Waals surface area contributed by atoms with Gasteiger partial charge in [0, 0.05) is 7.11 Å². The summed E-state index contributed by atoms with van der Waals surface area (Å²) >= 11 is 18.7. The highest BCUT2D eigenvalue weighted by molar-refractivity contribution is 6.30. The summed E-state index contributed by atoms with van der Waals surface area (Å²) in [7, 11) is 1.69. The van der Waals surface area contributed by atoms with E-state index in [1.165, 1.54) is 0 Å². The predicted octanol–water partition coefficient (Wildman–Crippen LogP) is 2.66. The van der Waals surface area contributed by atoms with Gasteiger partial charge >= 0.3 is 0 Å². The van der Waals surface area contributed by atoms with Crippen molar-refractivity contribution in [3.63, 3.8) is 0 Å². The van der Waals surface area contributed by atoms with E-state index in [1.54, 1.807) is 7.11 Å². The van der Waals surface area contributed by atoms with Gasteiger partial charge in [-0.3, -0.25) is 4.79 Å². The lowest BCUT2D eigenvalue weighted by Gasteiger charge is -2.40. The van der Waals surface area contributed by atoms with Crippen LogP contribution in [0.4, 0.5) is 0 Å². The molecule has 0 saturated heterocycles. The van der Waals surface area contributed by atoms with Gasteiger partial charge in [0.2, 0.25) is 5.91 Å². The smallest absolute Gasteiger partial charge is 0.223 e. The fourth-order valence-corrected chi connectivity index (χ4v) is 4.13. The number of hydrogen-bond donors (Lipinski definition) is 1. The molecule has 0 aliphatic heterocycles. The molecule has 2 aliphatic rings. The maximum atomic E-state index is 11.6. The van der Waals surface area contributed by atoms with Crippen molar-refractivity contribution in [3.8, 4) is 0 Å². The third kappa shape index (κ3) is 4.38. The van der Waals surface area contributed by atoms with Gasteiger partial charge in [0.15, 0.2) is 0 Å². The first kappa shape index (κ1) is 17.6. The van der Waals surface area contributed by atoms with Gasteiger partial charge in [0.25, 0.3) is 0 Å². The molecule has 0 aromatic heterocycles. The molecule has 122 valence electrons. The van der Waals surface area contributed by atoms with Crippen molar-refractivity contribution in [3.05, 3.63) is 0 Å². The molecule has 7 atom stereocenters. The Labute approximate surface area is 140 Å². The van der Waals surface area contributed by atoms with Crippen molar-refractivity contribution in [2.45, 2.75) is 66.5 Å². The molecule has 2 saturated carbocycles. The number of primary amides is 1. The molecule has 0 aromatic carbocycles. The fraction of sp³-hybridized carbons (Fsp3) is 0.929. The average Bonchev–Trinajstić information content (AvgIpc) is 2.44. The lowest BCUT2D eigenvalue weighted by molar-refractivity contribution is -0.134. The first-order chi connectivity index (χ1) is 9.92. The fourth-order valence-electron chi connectivity index (χ4n) is 3.17. The number of methoxy groups -OCH3 is 1. The summed E-state index contributed by atoms with van der Waals surface area (Å²) in [6.07, 6.45) is 3.23. The van der Waals surface area contributed by atoms with Gasteiger partial charge in [0.1, 0.15) is 0 Å². The minimum absolute atomic E-state index is 0.0966. The molecule has 1 amide bonds. The Morgan fingerprint density at radius 1 is 1.00 bits per heavy atom. The molecule has 2 N–H and O–H groups in total. The van der Waals surface area contributed by atoms with Gasteiger partial charge in [-0.05, 0) is 32.1 Å². The Bertz CT molecular complexity index is 371. The molecular formula is C14H22Cl3NO3. The number of carbonyl (C=O) groups excluding carboxylic acids is 1. The zero-order chi connectivity index (χ0) is 15.6. The molecule has 7 unspecified atom stereocenters. The lowest BCUT2D eigenvalue weighted by atomic mass is 9.84. The Kier molecular flexibility index (Phi) is 6.45. The molecule has 0 aromatic rings. The molecular weight excluding hydrogens is 337 g/mol. The van der Waals surface area contributed by atoms with Crippen molar-refractivity contribution in [1.82, 2.24) is 0 Å². The molecule has 0 bridgehead atoms. The summed E-state index contributed by atoms with van der Waals surface area (Å²) in [4.78, 5) is 11.6. The monoisotopic (exact) mass is 357 g/mol. The van der Waals surface area contributed by atoms with E-state index >= 15 is 0 Å². The highest BCUT2D eigenvalue weighted by Crippen LogP contribution is 2.37. The van der Waals surface area contributed by atoms with Gasteiger partial charge in [-0.1, -0.05) is 0 Å². The van der Waals surface area contributed by atoms with Crippen LogP contribution >= 0.6 is 34.8 Å². The molecule has 0 heterocycles. The third-order valence-corrected chi connectivity index (χ3v) is 6.04. The highest BCUT2D eigenvalue weighted by Gasteiger charge is 2.41. The lowest BCUT2D eigenvalue weighted by Crippen LogP contribution is -2.48. The number of hydrogen-bond acceptors (Lipinski definition) is 3. The second kappa shape index (κ2) is 7.69. The van der Waals surface area contributed by atoms with Crippen LogP contribution in [0.1, 0.15) is 32.1 Å². The number of carbonyl (C=O) groups is 1. The average molecular weight is 359 g/mol. The van der Waals surface area contributed by atoms with E-state index in [-0.39, 0.29) is 40.4 Å². The summed E-state index contributed by atoms with van der Waals surface area (Å²) in [5.41, 5.74) is 5.47. The summed E-state index contributed by atoms with van der Waals surface area (Å²) < 4.78 is 11.4. The zero-order valence-electron chi connectivity index (χ0n) is 12.0. The van der Waals surface area contributed by atoms with Crippen molar-refractivity contribution in [2.24, 2.45) is 11.7 Å². The van der Waals surface area contributed by atoms with Gasteiger partial charge in [0.05, 0.1) is 40.4 Å². The number of halogens is 3. The standard InChI is InChI=1S/C14H22Cl3NO3/c1-20-7-2-3-12(11(17)4-7)21-13-6-10(16)9(15)5-8(13)14(18)19/h7-13H,2-6H2,1H3,(H2,18,19). The molecule has 7 heteroatoms. The molecule has 2 rings (SSSR count). The molecule has 0 radical (unpaired) electrons. The highest BCUT2D eigenvalue weighted by atomic mass is 35.5. The van der Waals surface area contributed by atoms with Crippen LogP contribution in [0.2, 0.25) is 0 Å². The van der Waals surface area contributed by atoms with Crippen LogP contribution in [0, 0.1) is 5.92 Å². The predicted molar refractivity (Wildman–Crippen MR) is 84.2 cm³/mol. The van der Waals surface area contributed by atoms with E-state index in [4.69, 9.17) is 50.0 Å². The maximum Gasteiger partial charge on any atom is 0.223 e. The molecule has 0 spiro atoms. The first-order valence-corrected chi connectivity index (χ1v) is 8.63. The van der Waals surface area contributed by atoms with Crippen LogP contribution in [0.5, 0.6) is 0 Å². The normalized spacial score (nSPS) is 44.5. The largest absolute Gasteiger partial charge is 0.381 e. The summed E-state index contributed by atoms with van der Waals surface area (Å²) in [5.74, 6) is -0.780. The SMILES string of the molecule is COC1CCC(OC2CC(Cl)C(Cl)CC2C(N)=O)C(Cl)C1. The molecule has 21 heavy (non-hydrogen) atoms. The van der Waals surface area contributed by atoms with E-state index < -0.39 is 5.92 Å². The Hall–Kier alpha value is 0.260. The maximum absolute atomic E-state index is 11.6. The Morgan fingerprint density at radius 2 is 1.67 bits per heavy atom. The topological polar surface area (TPSA) is 61.6 Å². The second-order valence-corrected chi connectivity index (χ2v) is 7.59. The van der Waals surface area contributed by atoms with E-state index in [9.17, 15) is 4.79 Å². The minimum atomic E-state index is -0.397. The van der Waals surface area contributed by atoms with Gasteiger partial charge in [-0.25, -0.2) is 0 Å². The molecule has 2 fully saturated rings. The van der Waals surface area contributed by atoms with E-state index in [2.05, 4.69) is 0 Å². The van der Waals surface area contributed by atoms with E-state index in [0.29, 0.717) is 12.8 Å². The molecule has 2 aliphatic carbocycles. The summed E-state index contributed by atoms with van der Waals surface area (Å²) in [5, 5.41) is -0.587. The number of rotatable bonds is 4. The van der Waals surface area contributed by atoms with E-state index in [1.807, 2.05) is 0 Å². The number of ether oxygens (including phenoxy) is 2. The zero-order valence-corrected chi connectivity index (χ0v) is 14.3. The minimum Gasteiger partial charge on any atom is -0.381 e. The van der Waals surface area contributed by atoms with Gasteiger partial charge < -0.3 is 15.2 Å². The van der Waals surface area contributed by atoms with Crippen LogP contribution in [-0.2, 0) is 14.3 Å². The number of amides is 1.